The van der Waals surface area contributed by atoms with Crippen LogP contribution in [-0.2, 0) is 11.3 Å². The number of carbonyl (C=O) groups excluding carboxylic acids is 1. The minimum atomic E-state index is 0. The highest BCUT2D eigenvalue weighted by atomic mass is 79.9. The number of hydrogen-bond donors (Lipinski definition) is 2. The van der Waals surface area contributed by atoms with Gasteiger partial charge in [-0.15, -0.1) is 12.4 Å². The van der Waals surface area contributed by atoms with Crippen molar-refractivity contribution >= 4 is 62.2 Å². The topological polar surface area (TPSA) is 60.8 Å². The Bertz CT molecular complexity index is 1150. The molecule has 1 aliphatic rings. The predicted molar refractivity (Wildman–Crippen MR) is 142 cm³/mol. The molecule has 0 saturated carbocycles. The number of halogens is 3. The van der Waals surface area contributed by atoms with E-state index in [2.05, 4.69) is 48.9 Å². The Morgan fingerprint density at radius 2 is 1.27 bits per heavy atom. The van der Waals surface area contributed by atoms with Crippen LogP contribution in [0.2, 0.25) is 0 Å². The van der Waals surface area contributed by atoms with E-state index in [-0.39, 0.29) is 29.7 Å². The van der Waals surface area contributed by atoms with Crippen molar-refractivity contribution < 1.29 is 15.0 Å². The maximum absolute atomic E-state index is 13.4. The molecule has 0 amide bonds. The SMILES string of the molecule is Cl.O=C1/C(=C\c2ccc(O)c(Br)c2)CN(Cc2ccccc2)C/C1=C/c1ccc(O)c(Br)c1. The number of ketones is 1. The fourth-order valence-corrected chi connectivity index (χ4v) is 4.48. The van der Waals surface area contributed by atoms with E-state index < -0.39 is 0 Å². The lowest BCUT2D eigenvalue weighted by atomic mass is 9.94. The van der Waals surface area contributed by atoms with Crippen LogP contribution >= 0.6 is 44.3 Å². The largest absolute Gasteiger partial charge is 0.507 e. The van der Waals surface area contributed by atoms with E-state index in [9.17, 15) is 15.0 Å². The van der Waals surface area contributed by atoms with Crippen molar-refractivity contribution in [3.8, 4) is 11.5 Å². The summed E-state index contributed by atoms with van der Waals surface area (Å²) in [5.41, 5.74) is 4.24. The molecule has 4 nitrogen and oxygen atoms in total. The van der Waals surface area contributed by atoms with Crippen LogP contribution in [0.3, 0.4) is 0 Å². The first-order chi connectivity index (χ1) is 15.4. The molecule has 1 heterocycles. The van der Waals surface area contributed by atoms with Gasteiger partial charge in [0.15, 0.2) is 5.78 Å². The summed E-state index contributed by atoms with van der Waals surface area (Å²) < 4.78 is 1.17. The second-order valence-electron chi connectivity index (χ2n) is 7.72. The number of aromatic hydroxyl groups is 2. The average molecular weight is 592 g/mol. The van der Waals surface area contributed by atoms with Gasteiger partial charge in [0.2, 0.25) is 0 Å². The third kappa shape index (κ3) is 6.36. The molecule has 1 fully saturated rings. The third-order valence-electron chi connectivity index (χ3n) is 5.25. The van der Waals surface area contributed by atoms with E-state index >= 15 is 0 Å². The molecular weight excluding hydrogens is 570 g/mol. The van der Waals surface area contributed by atoms with Gasteiger partial charge in [-0.25, -0.2) is 0 Å². The minimum Gasteiger partial charge on any atom is -0.507 e. The first kappa shape index (κ1) is 25.2. The Morgan fingerprint density at radius 1 is 0.788 bits per heavy atom. The quantitative estimate of drug-likeness (QED) is 0.336. The van der Waals surface area contributed by atoms with Crippen molar-refractivity contribution in [3.05, 3.63) is 104 Å². The predicted octanol–water partition coefficient (Wildman–Crippen LogP) is 6.60. The number of benzene rings is 3. The van der Waals surface area contributed by atoms with Gasteiger partial charge in [0.25, 0.3) is 0 Å². The number of hydrogen-bond acceptors (Lipinski definition) is 4. The molecule has 0 unspecified atom stereocenters. The van der Waals surface area contributed by atoms with E-state index in [4.69, 9.17) is 0 Å². The van der Waals surface area contributed by atoms with E-state index in [0.717, 1.165) is 17.7 Å². The smallest absolute Gasteiger partial charge is 0.187 e. The van der Waals surface area contributed by atoms with E-state index in [0.29, 0.717) is 33.2 Å². The summed E-state index contributed by atoms with van der Waals surface area (Å²) in [7, 11) is 0. The van der Waals surface area contributed by atoms with Crippen LogP contribution in [0.1, 0.15) is 16.7 Å². The molecule has 4 rings (SSSR count). The molecule has 1 saturated heterocycles. The Labute approximate surface area is 215 Å². The summed E-state index contributed by atoms with van der Waals surface area (Å²) >= 11 is 6.68. The van der Waals surface area contributed by atoms with Crippen molar-refractivity contribution in [2.75, 3.05) is 13.1 Å². The Balaban J connectivity index is 0.00000306. The molecule has 3 aromatic carbocycles. The molecule has 0 aliphatic carbocycles. The van der Waals surface area contributed by atoms with Gasteiger partial charge in [-0.3, -0.25) is 9.69 Å². The van der Waals surface area contributed by atoms with Crippen LogP contribution in [0, 0.1) is 0 Å². The van der Waals surface area contributed by atoms with Crippen LogP contribution in [-0.4, -0.2) is 34.0 Å². The summed E-state index contributed by atoms with van der Waals surface area (Å²) in [6.07, 6.45) is 3.76. The highest BCUT2D eigenvalue weighted by Crippen LogP contribution is 2.29. The van der Waals surface area contributed by atoms with E-state index in [1.165, 1.54) is 5.56 Å². The number of phenols is 2. The number of carbonyl (C=O) groups is 1. The molecule has 170 valence electrons. The average Bonchev–Trinajstić information content (AvgIpc) is 2.77. The minimum absolute atomic E-state index is 0. The Hall–Kier alpha value is -2.38. The van der Waals surface area contributed by atoms with E-state index in [1.54, 1.807) is 36.4 Å². The highest BCUT2D eigenvalue weighted by molar-refractivity contribution is 9.10. The zero-order valence-electron chi connectivity index (χ0n) is 17.5. The summed E-state index contributed by atoms with van der Waals surface area (Å²) in [4.78, 5) is 15.6. The lowest BCUT2D eigenvalue weighted by molar-refractivity contribution is -0.113. The first-order valence-corrected chi connectivity index (χ1v) is 11.7. The molecular formula is C26H22Br2ClNO3. The summed E-state index contributed by atoms with van der Waals surface area (Å²) in [5.74, 6) is 0.320. The number of nitrogens with zero attached hydrogens (tertiary/aromatic N) is 1. The van der Waals surface area contributed by atoms with Crippen molar-refractivity contribution in [2.24, 2.45) is 0 Å². The molecule has 1 aliphatic heterocycles. The summed E-state index contributed by atoms with van der Waals surface area (Å²) in [6, 6.07) is 20.6. The Morgan fingerprint density at radius 3 is 1.73 bits per heavy atom. The van der Waals surface area contributed by atoms with Gasteiger partial charge >= 0.3 is 0 Å². The van der Waals surface area contributed by atoms with Crippen LogP contribution in [0.15, 0.2) is 86.8 Å². The lowest BCUT2D eigenvalue weighted by Crippen LogP contribution is -2.37. The van der Waals surface area contributed by atoms with Crippen LogP contribution in [0.5, 0.6) is 11.5 Å². The standard InChI is InChI=1S/C26H21Br2NO3.ClH/c27-22-12-18(6-8-24(22)30)10-20-15-29(14-17-4-2-1-3-5-17)16-21(26(20)32)11-19-7-9-25(31)23(28)13-19;/h1-13,30-31H,14-16H2;1H/b20-10-,21-11-;. The van der Waals surface area contributed by atoms with Gasteiger partial charge in [-0.1, -0.05) is 42.5 Å². The van der Waals surface area contributed by atoms with Gasteiger partial charge < -0.3 is 10.2 Å². The maximum atomic E-state index is 13.4. The molecule has 0 spiro atoms. The monoisotopic (exact) mass is 589 g/mol. The fraction of sp³-hybridized carbons (Fsp3) is 0.115. The van der Waals surface area contributed by atoms with Crippen molar-refractivity contribution in [3.63, 3.8) is 0 Å². The molecule has 0 bridgehead atoms. The molecule has 2 N–H and O–H groups in total. The molecule has 0 atom stereocenters. The van der Waals surface area contributed by atoms with Crippen LogP contribution in [0.4, 0.5) is 0 Å². The van der Waals surface area contributed by atoms with Gasteiger partial charge in [-0.2, -0.15) is 0 Å². The number of phenolic OH excluding ortho intramolecular Hbond substituents is 2. The zero-order chi connectivity index (χ0) is 22.7. The zero-order valence-corrected chi connectivity index (χ0v) is 21.5. The van der Waals surface area contributed by atoms with Crippen LogP contribution < -0.4 is 0 Å². The van der Waals surface area contributed by atoms with Crippen LogP contribution in [0.25, 0.3) is 12.2 Å². The first-order valence-electron chi connectivity index (χ1n) is 10.1. The third-order valence-corrected chi connectivity index (χ3v) is 6.52. The summed E-state index contributed by atoms with van der Waals surface area (Å²) in [5, 5.41) is 19.6. The maximum Gasteiger partial charge on any atom is 0.187 e. The second-order valence-corrected chi connectivity index (χ2v) is 9.43. The molecule has 33 heavy (non-hydrogen) atoms. The highest BCUT2D eigenvalue weighted by Gasteiger charge is 2.26. The lowest BCUT2D eigenvalue weighted by Gasteiger charge is -2.30. The van der Waals surface area contributed by atoms with Crippen molar-refractivity contribution in [1.29, 1.82) is 0 Å². The second kappa shape index (κ2) is 11.2. The Kier molecular flexibility index (Phi) is 8.54. The molecule has 0 radical (unpaired) electrons. The summed E-state index contributed by atoms with van der Waals surface area (Å²) in [6.45, 7) is 1.78. The normalized spacial score (nSPS) is 16.7. The number of likely N-dealkylation sites (tertiary alicyclic amines) is 1. The number of rotatable bonds is 4. The molecule has 3 aromatic rings. The fourth-order valence-electron chi connectivity index (χ4n) is 3.69. The van der Waals surface area contributed by atoms with Gasteiger partial charge in [0.1, 0.15) is 11.5 Å². The van der Waals surface area contributed by atoms with Gasteiger partial charge in [0, 0.05) is 30.8 Å². The van der Waals surface area contributed by atoms with Crippen molar-refractivity contribution in [2.45, 2.75) is 6.54 Å². The number of piperidine rings is 1. The molecule has 0 aromatic heterocycles. The van der Waals surface area contributed by atoms with Gasteiger partial charge in [-0.05, 0) is 85.0 Å². The molecule has 7 heteroatoms. The number of Topliss-reactive ketones (excluding diaryl/α,β-unsaturated/α-hetero) is 1. The van der Waals surface area contributed by atoms with Crippen molar-refractivity contribution in [1.82, 2.24) is 4.90 Å². The van der Waals surface area contributed by atoms with E-state index in [1.807, 2.05) is 30.4 Å². The van der Waals surface area contributed by atoms with Gasteiger partial charge in [0.05, 0.1) is 8.95 Å².